The molecule has 0 amide bonds. The quantitative estimate of drug-likeness (QED) is 0.642. The van der Waals surface area contributed by atoms with Crippen molar-refractivity contribution >= 4 is 11.9 Å². The van der Waals surface area contributed by atoms with Crippen LogP contribution in [-0.4, -0.2) is 33.7 Å². The van der Waals surface area contributed by atoms with Crippen molar-refractivity contribution in [1.82, 2.24) is 5.32 Å². The number of carboxylic acids is 2. The van der Waals surface area contributed by atoms with Gasteiger partial charge in [0.05, 0.1) is 5.92 Å². The van der Waals surface area contributed by atoms with Gasteiger partial charge in [-0.25, -0.2) is 0 Å². The highest BCUT2D eigenvalue weighted by molar-refractivity contribution is 5.79. The summed E-state index contributed by atoms with van der Waals surface area (Å²) in [5.41, 5.74) is -0.965. The van der Waals surface area contributed by atoms with Crippen molar-refractivity contribution < 1.29 is 19.8 Å². The Bertz CT molecular complexity index is 279. The van der Waals surface area contributed by atoms with Gasteiger partial charge < -0.3 is 10.2 Å². The second kappa shape index (κ2) is 4.18. The van der Waals surface area contributed by atoms with Gasteiger partial charge in [0.15, 0.2) is 0 Å². The zero-order chi connectivity index (χ0) is 11.6. The van der Waals surface area contributed by atoms with Gasteiger partial charge in [-0.1, -0.05) is 6.92 Å². The highest BCUT2D eigenvalue weighted by Gasteiger charge is 2.44. The molecule has 0 radical (unpaired) electrons. The summed E-state index contributed by atoms with van der Waals surface area (Å²) in [5, 5.41) is 20.8. The Kier molecular flexibility index (Phi) is 3.34. The SMILES string of the molecule is CCC(C(=O)O)C1CCC(C)(C(=O)O)N1. The first-order valence-corrected chi connectivity index (χ1v) is 5.14. The van der Waals surface area contributed by atoms with Crippen LogP contribution in [0.15, 0.2) is 0 Å². The smallest absolute Gasteiger partial charge is 0.323 e. The van der Waals surface area contributed by atoms with E-state index < -0.39 is 23.4 Å². The Hall–Kier alpha value is -1.10. The molecule has 1 rings (SSSR count). The van der Waals surface area contributed by atoms with Crippen LogP contribution in [0.2, 0.25) is 0 Å². The minimum atomic E-state index is -0.965. The summed E-state index contributed by atoms with van der Waals surface area (Å²) >= 11 is 0. The molecule has 0 aromatic carbocycles. The van der Waals surface area contributed by atoms with Crippen LogP contribution >= 0.6 is 0 Å². The van der Waals surface area contributed by atoms with E-state index in [1.54, 1.807) is 13.8 Å². The molecule has 1 saturated heterocycles. The van der Waals surface area contributed by atoms with Gasteiger partial charge >= 0.3 is 11.9 Å². The molecule has 1 aliphatic rings. The van der Waals surface area contributed by atoms with Crippen LogP contribution in [0, 0.1) is 5.92 Å². The summed E-state index contributed by atoms with van der Waals surface area (Å²) in [6.45, 7) is 3.40. The van der Waals surface area contributed by atoms with E-state index in [9.17, 15) is 9.59 Å². The van der Waals surface area contributed by atoms with Crippen molar-refractivity contribution in [3.8, 4) is 0 Å². The Morgan fingerprint density at radius 3 is 2.47 bits per heavy atom. The Morgan fingerprint density at radius 1 is 1.53 bits per heavy atom. The number of carboxylic acid groups (broad SMARTS) is 2. The van der Waals surface area contributed by atoms with Gasteiger partial charge in [0.25, 0.3) is 0 Å². The van der Waals surface area contributed by atoms with Crippen LogP contribution in [0.4, 0.5) is 0 Å². The minimum absolute atomic E-state index is 0.228. The summed E-state index contributed by atoms with van der Waals surface area (Å²) in [7, 11) is 0. The third-order valence-electron chi connectivity index (χ3n) is 3.17. The first-order chi connectivity index (χ1) is 6.90. The highest BCUT2D eigenvalue weighted by Crippen LogP contribution is 2.28. The molecule has 0 aromatic heterocycles. The van der Waals surface area contributed by atoms with Crippen molar-refractivity contribution in [3.63, 3.8) is 0 Å². The molecule has 1 fully saturated rings. The fourth-order valence-electron chi connectivity index (χ4n) is 2.10. The van der Waals surface area contributed by atoms with E-state index in [-0.39, 0.29) is 6.04 Å². The van der Waals surface area contributed by atoms with Crippen LogP contribution in [0.1, 0.15) is 33.1 Å². The minimum Gasteiger partial charge on any atom is -0.481 e. The first kappa shape index (κ1) is 12.0. The summed E-state index contributed by atoms with van der Waals surface area (Å²) in [4.78, 5) is 21.9. The van der Waals surface area contributed by atoms with E-state index in [1.807, 2.05) is 0 Å². The summed E-state index contributed by atoms with van der Waals surface area (Å²) in [6.07, 6.45) is 1.60. The molecule has 3 unspecified atom stereocenters. The molecule has 0 aliphatic carbocycles. The fraction of sp³-hybridized carbons (Fsp3) is 0.800. The molecule has 15 heavy (non-hydrogen) atoms. The Labute approximate surface area is 88.5 Å². The van der Waals surface area contributed by atoms with Crippen LogP contribution < -0.4 is 5.32 Å². The van der Waals surface area contributed by atoms with Crippen molar-refractivity contribution in [3.05, 3.63) is 0 Å². The molecule has 0 saturated carbocycles. The van der Waals surface area contributed by atoms with Crippen molar-refractivity contribution in [2.24, 2.45) is 5.92 Å². The molecular weight excluding hydrogens is 198 g/mol. The molecule has 3 atom stereocenters. The van der Waals surface area contributed by atoms with Gasteiger partial charge in [0.1, 0.15) is 5.54 Å². The lowest BCUT2D eigenvalue weighted by Crippen LogP contribution is -2.49. The van der Waals surface area contributed by atoms with Crippen LogP contribution in [0.5, 0.6) is 0 Å². The zero-order valence-corrected chi connectivity index (χ0v) is 8.99. The van der Waals surface area contributed by atoms with Gasteiger partial charge in [-0.2, -0.15) is 0 Å². The van der Waals surface area contributed by atoms with Crippen LogP contribution in [0.25, 0.3) is 0 Å². The lowest BCUT2D eigenvalue weighted by molar-refractivity contribution is -0.146. The summed E-state index contributed by atoms with van der Waals surface area (Å²) in [5.74, 6) is -2.26. The Morgan fingerprint density at radius 2 is 2.13 bits per heavy atom. The van der Waals surface area contributed by atoms with Crippen molar-refractivity contribution in [2.75, 3.05) is 0 Å². The average molecular weight is 215 g/mol. The molecule has 5 nitrogen and oxygen atoms in total. The number of hydrogen-bond donors (Lipinski definition) is 3. The van der Waals surface area contributed by atoms with Gasteiger partial charge in [0.2, 0.25) is 0 Å². The number of rotatable bonds is 4. The maximum Gasteiger partial charge on any atom is 0.323 e. The number of hydrogen-bond acceptors (Lipinski definition) is 3. The van der Waals surface area contributed by atoms with Crippen LogP contribution in [0.3, 0.4) is 0 Å². The average Bonchev–Trinajstić information content (AvgIpc) is 2.50. The third-order valence-corrected chi connectivity index (χ3v) is 3.17. The normalized spacial score (nSPS) is 32.5. The predicted molar refractivity (Wildman–Crippen MR) is 53.6 cm³/mol. The maximum atomic E-state index is 10.9. The second-order valence-corrected chi connectivity index (χ2v) is 4.28. The molecule has 1 heterocycles. The van der Waals surface area contributed by atoms with Gasteiger partial charge in [-0.3, -0.25) is 14.9 Å². The van der Waals surface area contributed by atoms with E-state index in [4.69, 9.17) is 10.2 Å². The molecule has 1 aliphatic heterocycles. The molecule has 86 valence electrons. The molecule has 0 bridgehead atoms. The summed E-state index contributed by atoms with van der Waals surface area (Å²) in [6, 6.07) is -0.228. The number of carbonyl (C=O) groups is 2. The van der Waals surface area contributed by atoms with Gasteiger partial charge in [-0.05, 0) is 26.2 Å². The van der Waals surface area contributed by atoms with E-state index in [0.29, 0.717) is 19.3 Å². The topological polar surface area (TPSA) is 86.6 Å². The van der Waals surface area contributed by atoms with E-state index in [2.05, 4.69) is 5.32 Å². The molecule has 5 heteroatoms. The van der Waals surface area contributed by atoms with E-state index >= 15 is 0 Å². The van der Waals surface area contributed by atoms with E-state index in [1.165, 1.54) is 0 Å². The Balaban J connectivity index is 2.70. The van der Waals surface area contributed by atoms with Crippen molar-refractivity contribution in [1.29, 1.82) is 0 Å². The molecule has 3 N–H and O–H groups in total. The largest absolute Gasteiger partial charge is 0.481 e. The molecular formula is C10H17NO4. The molecule has 0 spiro atoms. The maximum absolute atomic E-state index is 10.9. The fourth-order valence-corrected chi connectivity index (χ4v) is 2.10. The molecule has 0 aromatic rings. The van der Waals surface area contributed by atoms with Crippen molar-refractivity contribution in [2.45, 2.75) is 44.7 Å². The first-order valence-electron chi connectivity index (χ1n) is 5.14. The predicted octanol–water partition coefficient (Wildman–Crippen LogP) is 0.692. The monoisotopic (exact) mass is 215 g/mol. The lowest BCUT2D eigenvalue weighted by Gasteiger charge is -2.23. The second-order valence-electron chi connectivity index (χ2n) is 4.28. The summed E-state index contributed by atoms with van der Waals surface area (Å²) < 4.78 is 0. The highest BCUT2D eigenvalue weighted by atomic mass is 16.4. The van der Waals surface area contributed by atoms with Crippen LogP contribution in [-0.2, 0) is 9.59 Å². The number of aliphatic carboxylic acids is 2. The lowest BCUT2D eigenvalue weighted by atomic mass is 9.95. The standard InChI is InChI=1S/C10H17NO4/c1-3-6(8(12)13)7-4-5-10(2,11-7)9(14)15/h6-7,11H,3-5H2,1-2H3,(H,12,13)(H,14,15). The van der Waals surface area contributed by atoms with E-state index in [0.717, 1.165) is 0 Å². The number of nitrogens with one attached hydrogen (secondary N) is 1. The third kappa shape index (κ3) is 2.28. The zero-order valence-electron chi connectivity index (χ0n) is 8.99. The van der Waals surface area contributed by atoms with Gasteiger partial charge in [-0.15, -0.1) is 0 Å². The van der Waals surface area contributed by atoms with Gasteiger partial charge in [0, 0.05) is 6.04 Å².